The van der Waals surface area contributed by atoms with E-state index in [0.717, 1.165) is 16.2 Å². The van der Waals surface area contributed by atoms with Gasteiger partial charge in [-0.05, 0) is 6.07 Å². The monoisotopic (exact) mass is 236 g/mol. The molecule has 1 unspecified atom stereocenters. The minimum Gasteiger partial charge on any atom is -0.496 e. The number of methoxy groups -OCH3 is 1. The van der Waals surface area contributed by atoms with Gasteiger partial charge in [0.1, 0.15) is 12.1 Å². The fourth-order valence-electron chi connectivity index (χ4n) is 1.40. The predicted molar refractivity (Wildman–Crippen MR) is 62.1 cm³/mol. The van der Waals surface area contributed by atoms with E-state index in [0.29, 0.717) is 0 Å². The Morgan fingerprint density at radius 2 is 2.19 bits per heavy atom. The lowest BCUT2D eigenvalue weighted by Gasteiger charge is -2.13. The van der Waals surface area contributed by atoms with E-state index in [1.807, 2.05) is 11.4 Å². The van der Waals surface area contributed by atoms with Gasteiger partial charge in [-0.3, -0.25) is 5.84 Å². The van der Waals surface area contributed by atoms with Gasteiger partial charge in [0.15, 0.2) is 0 Å². The molecular weight excluding hydrogens is 224 g/mol. The van der Waals surface area contributed by atoms with Gasteiger partial charge in [-0.2, -0.15) is 0 Å². The molecular formula is C10H12N4OS. The first kappa shape index (κ1) is 11.0. The van der Waals surface area contributed by atoms with Crippen molar-refractivity contribution in [1.82, 2.24) is 15.4 Å². The van der Waals surface area contributed by atoms with E-state index in [4.69, 9.17) is 10.6 Å². The van der Waals surface area contributed by atoms with Crippen molar-refractivity contribution in [3.8, 4) is 5.75 Å². The molecule has 0 aliphatic carbocycles. The number of nitrogens with two attached hydrogens (primary N) is 1. The normalized spacial score (nSPS) is 12.4. The molecule has 84 valence electrons. The number of nitrogens with one attached hydrogen (secondary N) is 1. The summed E-state index contributed by atoms with van der Waals surface area (Å²) in [6, 6.07) is 1.84. The van der Waals surface area contributed by atoms with Crippen LogP contribution in [0.25, 0.3) is 0 Å². The highest BCUT2D eigenvalue weighted by atomic mass is 32.1. The van der Waals surface area contributed by atoms with Gasteiger partial charge in [-0.25, -0.2) is 15.4 Å². The summed E-state index contributed by atoms with van der Waals surface area (Å²) in [5.41, 5.74) is 3.67. The van der Waals surface area contributed by atoms with Crippen LogP contribution in [0, 0.1) is 0 Å². The lowest BCUT2D eigenvalue weighted by Crippen LogP contribution is -2.28. The summed E-state index contributed by atoms with van der Waals surface area (Å²) < 4.78 is 5.14. The smallest absolute Gasteiger partial charge is 0.129 e. The Labute approximate surface area is 97.3 Å². The van der Waals surface area contributed by atoms with Gasteiger partial charge in [0.2, 0.25) is 0 Å². The molecule has 16 heavy (non-hydrogen) atoms. The van der Waals surface area contributed by atoms with Crippen molar-refractivity contribution in [2.75, 3.05) is 7.11 Å². The summed E-state index contributed by atoms with van der Waals surface area (Å²) in [7, 11) is 1.64. The zero-order chi connectivity index (χ0) is 11.4. The zero-order valence-electron chi connectivity index (χ0n) is 8.75. The van der Waals surface area contributed by atoms with Crippen molar-refractivity contribution in [3.05, 3.63) is 40.6 Å². The van der Waals surface area contributed by atoms with Gasteiger partial charge < -0.3 is 4.74 Å². The molecule has 2 aromatic rings. The molecule has 0 spiro atoms. The number of ether oxygens (including phenoxy) is 1. The summed E-state index contributed by atoms with van der Waals surface area (Å²) in [5, 5.41) is 1.93. The third-order valence-electron chi connectivity index (χ3n) is 2.20. The molecule has 0 amide bonds. The number of hydrazine groups is 1. The fourth-order valence-corrected chi connectivity index (χ4v) is 2.34. The van der Waals surface area contributed by atoms with E-state index in [2.05, 4.69) is 15.4 Å². The topological polar surface area (TPSA) is 73.1 Å². The standard InChI is InChI=1S/C10H12N4OS/c1-15-8-2-9(16-5-8)10(14-11)7-3-12-6-13-4-7/h2-6,10,14H,11H2,1H3. The van der Waals surface area contributed by atoms with Crippen molar-refractivity contribution in [3.63, 3.8) is 0 Å². The van der Waals surface area contributed by atoms with Crippen LogP contribution in [-0.4, -0.2) is 17.1 Å². The second-order valence-electron chi connectivity index (χ2n) is 3.16. The van der Waals surface area contributed by atoms with Crippen LogP contribution >= 0.6 is 11.3 Å². The molecule has 2 aromatic heterocycles. The molecule has 6 heteroatoms. The number of hydrogen-bond donors (Lipinski definition) is 2. The van der Waals surface area contributed by atoms with Crippen LogP contribution in [0.2, 0.25) is 0 Å². The van der Waals surface area contributed by atoms with Crippen molar-refractivity contribution in [2.24, 2.45) is 5.84 Å². The van der Waals surface area contributed by atoms with Crippen molar-refractivity contribution in [1.29, 1.82) is 0 Å². The molecule has 0 aliphatic heterocycles. The first-order chi connectivity index (χ1) is 7.85. The highest BCUT2D eigenvalue weighted by Gasteiger charge is 2.15. The lowest BCUT2D eigenvalue weighted by molar-refractivity contribution is 0.416. The molecule has 0 aliphatic rings. The molecule has 0 bridgehead atoms. The minimum atomic E-state index is -0.102. The Kier molecular flexibility index (Phi) is 3.45. The molecule has 0 fully saturated rings. The third-order valence-corrected chi connectivity index (χ3v) is 3.17. The van der Waals surface area contributed by atoms with Crippen molar-refractivity contribution in [2.45, 2.75) is 6.04 Å². The van der Waals surface area contributed by atoms with Gasteiger partial charge in [-0.15, -0.1) is 11.3 Å². The predicted octanol–water partition coefficient (Wildman–Crippen LogP) is 1.10. The second-order valence-corrected chi connectivity index (χ2v) is 4.10. The first-order valence-corrected chi connectivity index (χ1v) is 5.56. The van der Waals surface area contributed by atoms with Gasteiger partial charge in [0, 0.05) is 28.2 Å². The second kappa shape index (κ2) is 5.02. The average molecular weight is 236 g/mol. The molecule has 0 aromatic carbocycles. The Balaban J connectivity index is 2.29. The van der Waals surface area contributed by atoms with Crippen LogP contribution in [0.1, 0.15) is 16.5 Å². The number of nitrogens with zero attached hydrogens (tertiary/aromatic N) is 2. The Bertz CT molecular complexity index is 445. The maximum atomic E-state index is 5.55. The number of rotatable bonds is 4. The summed E-state index contributed by atoms with van der Waals surface area (Å²) in [6.07, 6.45) is 4.97. The van der Waals surface area contributed by atoms with Crippen LogP contribution in [0.4, 0.5) is 0 Å². The summed E-state index contributed by atoms with van der Waals surface area (Å²) >= 11 is 1.58. The van der Waals surface area contributed by atoms with Crippen LogP contribution in [0.5, 0.6) is 5.75 Å². The molecule has 2 heterocycles. The SMILES string of the molecule is COc1csc(C(NN)c2cncnc2)c1. The molecule has 1 atom stereocenters. The fraction of sp³-hybridized carbons (Fsp3) is 0.200. The van der Waals surface area contributed by atoms with Gasteiger partial charge in [0.25, 0.3) is 0 Å². The van der Waals surface area contributed by atoms with Gasteiger partial charge >= 0.3 is 0 Å². The minimum absolute atomic E-state index is 0.102. The highest BCUT2D eigenvalue weighted by molar-refractivity contribution is 7.10. The van der Waals surface area contributed by atoms with Crippen LogP contribution in [0.15, 0.2) is 30.2 Å². The molecule has 5 nitrogen and oxygen atoms in total. The quantitative estimate of drug-likeness (QED) is 0.614. The molecule has 0 radical (unpaired) electrons. The van der Waals surface area contributed by atoms with Gasteiger partial charge in [0.05, 0.1) is 13.2 Å². The molecule has 0 saturated carbocycles. The van der Waals surface area contributed by atoms with E-state index in [1.54, 1.807) is 30.8 Å². The van der Waals surface area contributed by atoms with Crippen LogP contribution < -0.4 is 16.0 Å². The summed E-state index contributed by atoms with van der Waals surface area (Å²) in [4.78, 5) is 9.01. The zero-order valence-corrected chi connectivity index (χ0v) is 9.57. The van der Waals surface area contributed by atoms with E-state index >= 15 is 0 Å². The largest absolute Gasteiger partial charge is 0.496 e. The van der Waals surface area contributed by atoms with E-state index in [1.165, 1.54) is 6.33 Å². The highest BCUT2D eigenvalue weighted by Crippen LogP contribution is 2.29. The first-order valence-electron chi connectivity index (χ1n) is 4.68. The van der Waals surface area contributed by atoms with Crippen molar-refractivity contribution < 1.29 is 4.74 Å². The molecule has 2 rings (SSSR count). The third kappa shape index (κ3) is 2.19. The Morgan fingerprint density at radius 1 is 1.44 bits per heavy atom. The van der Waals surface area contributed by atoms with Crippen molar-refractivity contribution >= 4 is 11.3 Å². The summed E-state index contributed by atoms with van der Waals surface area (Å²) in [5.74, 6) is 6.38. The van der Waals surface area contributed by atoms with E-state index < -0.39 is 0 Å². The van der Waals surface area contributed by atoms with E-state index in [-0.39, 0.29) is 6.04 Å². The molecule has 0 saturated heterocycles. The molecule has 3 N–H and O–H groups in total. The number of thiophene rings is 1. The van der Waals surface area contributed by atoms with Crippen LogP contribution in [0.3, 0.4) is 0 Å². The Hall–Kier alpha value is -1.50. The number of aromatic nitrogens is 2. The number of hydrogen-bond acceptors (Lipinski definition) is 6. The summed E-state index contributed by atoms with van der Waals surface area (Å²) in [6.45, 7) is 0. The maximum absolute atomic E-state index is 5.55. The van der Waals surface area contributed by atoms with Gasteiger partial charge in [-0.1, -0.05) is 0 Å². The maximum Gasteiger partial charge on any atom is 0.129 e. The lowest BCUT2D eigenvalue weighted by atomic mass is 10.1. The van der Waals surface area contributed by atoms with Crippen LogP contribution in [-0.2, 0) is 0 Å². The van der Waals surface area contributed by atoms with E-state index in [9.17, 15) is 0 Å². The average Bonchev–Trinajstić information content (AvgIpc) is 2.80. The Morgan fingerprint density at radius 3 is 2.75 bits per heavy atom.